The number of rotatable bonds is 7. The zero-order valence-electron chi connectivity index (χ0n) is 9.25. The monoisotopic (exact) mass is 203 g/mol. The first-order valence-electron chi connectivity index (χ1n) is 5.07. The van der Waals surface area contributed by atoms with Crippen LogP contribution in [0, 0.1) is 5.92 Å². The normalized spacial score (nSPS) is 14.9. The average Bonchev–Trinajstić information content (AvgIpc) is 2.18. The van der Waals surface area contributed by atoms with E-state index in [-0.39, 0.29) is 18.6 Å². The molecule has 0 spiro atoms. The SMILES string of the molecule is CCC(NCC(C)CCO)C(=O)OC. The van der Waals surface area contributed by atoms with Crippen molar-refractivity contribution in [1.29, 1.82) is 0 Å². The summed E-state index contributed by atoms with van der Waals surface area (Å²) in [6.45, 7) is 4.89. The van der Waals surface area contributed by atoms with Gasteiger partial charge in [0.05, 0.1) is 7.11 Å². The number of aliphatic hydroxyl groups excluding tert-OH is 1. The Labute approximate surface area is 85.6 Å². The highest BCUT2D eigenvalue weighted by Gasteiger charge is 2.16. The lowest BCUT2D eigenvalue weighted by Crippen LogP contribution is -2.39. The van der Waals surface area contributed by atoms with E-state index in [1.807, 2.05) is 13.8 Å². The van der Waals surface area contributed by atoms with Crippen LogP contribution in [0.25, 0.3) is 0 Å². The maximum Gasteiger partial charge on any atom is 0.322 e. The van der Waals surface area contributed by atoms with Gasteiger partial charge in [-0.2, -0.15) is 0 Å². The van der Waals surface area contributed by atoms with Crippen molar-refractivity contribution >= 4 is 5.97 Å². The molecule has 84 valence electrons. The molecule has 0 heterocycles. The lowest BCUT2D eigenvalue weighted by atomic mass is 10.1. The van der Waals surface area contributed by atoms with Gasteiger partial charge in [0.25, 0.3) is 0 Å². The third kappa shape index (κ3) is 5.19. The first kappa shape index (κ1) is 13.4. The molecule has 0 aromatic heterocycles. The maximum atomic E-state index is 11.2. The van der Waals surface area contributed by atoms with Gasteiger partial charge in [0.2, 0.25) is 0 Å². The fraction of sp³-hybridized carbons (Fsp3) is 0.900. The molecule has 0 rings (SSSR count). The summed E-state index contributed by atoms with van der Waals surface area (Å²) in [6.07, 6.45) is 1.48. The van der Waals surface area contributed by atoms with Gasteiger partial charge in [0.15, 0.2) is 0 Å². The van der Waals surface area contributed by atoms with E-state index in [1.165, 1.54) is 7.11 Å². The van der Waals surface area contributed by atoms with Gasteiger partial charge in [-0.15, -0.1) is 0 Å². The summed E-state index contributed by atoms with van der Waals surface area (Å²) in [5.74, 6) is 0.155. The van der Waals surface area contributed by atoms with Gasteiger partial charge in [-0.3, -0.25) is 4.79 Å². The van der Waals surface area contributed by atoms with Crippen LogP contribution in [0.4, 0.5) is 0 Å². The van der Waals surface area contributed by atoms with Crippen LogP contribution in [0.3, 0.4) is 0 Å². The fourth-order valence-corrected chi connectivity index (χ4v) is 1.20. The Kier molecular flexibility index (Phi) is 7.42. The zero-order chi connectivity index (χ0) is 11.0. The molecule has 14 heavy (non-hydrogen) atoms. The van der Waals surface area contributed by atoms with Crippen LogP contribution in [-0.2, 0) is 9.53 Å². The van der Waals surface area contributed by atoms with Crippen molar-refractivity contribution in [3.63, 3.8) is 0 Å². The van der Waals surface area contributed by atoms with Gasteiger partial charge in [-0.1, -0.05) is 13.8 Å². The van der Waals surface area contributed by atoms with Crippen molar-refractivity contribution in [3.05, 3.63) is 0 Å². The molecule has 0 saturated heterocycles. The number of carbonyl (C=O) groups excluding carboxylic acids is 1. The number of aliphatic hydroxyl groups is 1. The van der Waals surface area contributed by atoms with Crippen LogP contribution < -0.4 is 5.32 Å². The van der Waals surface area contributed by atoms with Gasteiger partial charge >= 0.3 is 5.97 Å². The smallest absolute Gasteiger partial charge is 0.322 e. The van der Waals surface area contributed by atoms with Gasteiger partial charge in [0.1, 0.15) is 6.04 Å². The number of ether oxygens (including phenoxy) is 1. The van der Waals surface area contributed by atoms with E-state index in [2.05, 4.69) is 10.1 Å². The van der Waals surface area contributed by atoms with Crippen LogP contribution >= 0.6 is 0 Å². The molecule has 4 heteroatoms. The van der Waals surface area contributed by atoms with Crippen molar-refractivity contribution in [3.8, 4) is 0 Å². The average molecular weight is 203 g/mol. The van der Waals surface area contributed by atoms with E-state index in [0.29, 0.717) is 5.92 Å². The third-order valence-electron chi connectivity index (χ3n) is 2.23. The van der Waals surface area contributed by atoms with Crippen LogP contribution in [0.2, 0.25) is 0 Å². The summed E-state index contributed by atoms with van der Waals surface area (Å²) >= 11 is 0. The van der Waals surface area contributed by atoms with Gasteiger partial charge in [0, 0.05) is 6.61 Å². The van der Waals surface area contributed by atoms with Crippen LogP contribution in [0.1, 0.15) is 26.7 Å². The molecule has 0 bridgehead atoms. The molecule has 0 fully saturated rings. The second kappa shape index (κ2) is 7.76. The predicted molar refractivity (Wildman–Crippen MR) is 55.0 cm³/mol. The van der Waals surface area contributed by atoms with Crippen molar-refractivity contribution in [2.45, 2.75) is 32.7 Å². The number of nitrogens with one attached hydrogen (secondary N) is 1. The molecule has 0 radical (unpaired) electrons. The fourth-order valence-electron chi connectivity index (χ4n) is 1.20. The van der Waals surface area contributed by atoms with E-state index in [1.54, 1.807) is 0 Å². The standard InChI is InChI=1S/C10H21NO3/c1-4-9(10(13)14-3)11-7-8(2)5-6-12/h8-9,11-12H,4-7H2,1-3H3. The van der Waals surface area contributed by atoms with Crippen molar-refractivity contribution in [2.24, 2.45) is 5.92 Å². The van der Waals surface area contributed by atoms with E-state index in [9.17, 15) is 4.79 Å². The molecule has 0 aliphatic heterocycles. The highest BCUT2D eigenvalue weighted by Crippen LogP contribution is 2.01. The lowest BCUT2D eigenvalue weighted by Gasteiger charge is -2.17. The Morgan fingerprint density at radius 3 is 2.64 bits per heavy atom. The molecule has 2 N–H and O–H groups in total. The Morgan fingerprint density at radius 1 is 1.57 bits per heavy atom. The second-order valence-corrected chi connectivity index (χ2v) is 3.51. The highest BCUT2D eigenvalue weighted by atomic mass is 16.5. The van der Waals surface area contributed by atoms with E-state index < -0.39 is 0 Å². The number of hydrogen-bond donors (Lipinski definition) is 2. The molecule has 2 atom stereocenters. The van der Waals surface area contributed by atoms with Crippen LogP contribution in [0.15, 0.2) is 0 Å². The number of esters is 1. The lowest BCUT2D eigenvalue weighted by molar-refractivity contribution is -0.143. The Bertz CT molecular complexity index is 161. The topological polar surface area (TPSA) is 58.6 Å². The quantitative estimate of drug-likeness (QED) is 0.593. The summed E-state index contributed by atoms with van der Waals surface area (Å²) in [6, 6.07) is -0.221. The molecular weight excluding hydrogens is 182 g/mol. The third-order valence-corrected chi connectivity index (χ3v) is 2.23. The second-order valence-electron chi connectivity index (χ2n) is 3.51. The Hall–Kier alpha value is -0.610. The largest absolute Gasteiger partial charge is 0.468 e. The van der Waals surface area contributed by atoms with E-state index in [0.717, 1.165) is 19.4 Å². The molecular formula is C10H21NO3. The number of methoxy groups -OCH3 is 1. The summed E-state index contributed by atoms with van der Waals surface area (Å²) < 4.78 is 4.64. The molecule has 0 aromatic rings. The van der Waals surface area contributed by atoms with Gasteiger partial charge in [-0.25, -0.2) is 0 Å². The Balaban J connectivity index is 3.77. The van der Waals surface area contributed by atoms with Crippen molar-refractivity contribution in [2.75, 3.05) is 20.3 Å². The predicted octanol–water partition coefficient (Wildman–Crippen LogP) is 0.546. The number of carbonyl (C=O) groups is 1. The van der Waals surface area contributed by atoms with E-state index in [4.69, 9.17) is 5.11 Å². The summed E-state index contributed by atoms with van der Waals surface area (Å²) in [7, 11) is 1.39. The minimum Gasteiger partial charge on any atom is -0.468 e. The zero-order valence-corrected chi connectivity index (χ0v) is 9.25. The molecule has 0 saturated carbocycles. The summed E-state index contributed by atoms with van der Waals surface area (Å²) in [5, 5.41) is 11.8. The number of hydrogen-bond acceptors (Lipinski definition) is 4. The first-order valence-corrected chi connectivity index (χ1v) is 5.07. The Morgan fingerprint density at radius 2 is 2.21 bits per heavy atom. The maximum absolute atomic E-state index is 11.2. The first-order chi connectivity index (χ1) is 6.65. The van der Waals surface area contributed by atoms with Crippen molar-refractivity contribution in [1.82, 2.24) is 5.32 Å². The van der Waals surface area contributed by atoms with Crippen LogP contribution in [0.5, 0.6) is 0 Å². The molecule has 0 aliphatic carbocycles. The van der Waals surface area contributed by atoms with E-state index >= 15 is 0 Å². The molecule has 0 aromatic carbocycles. The molecule has 0 amide bonds. The summed E-state index contributed by atoms with van der Waals surface area (Å²) in [5.41, 5.74) is 0. The van der Waals surface area contributed by atoms with Crippen molar-refractivity contribution < 1.29 is 14.6 Å². The summed E-state index contributed by atoms with van der Waals surface area (Å²) in [4.78, 5) is 11.2. The highest BCUT2D eigenvalue weighted by molar-refractivity contribution is 5.75. The van der Waals surface area contributed by atoms with Crippen LogP contribution in [-0.4, -0.2) is 37.4 Å². The molecule has 4 nitrogen and oxygen atoms in total. The minimum atomic E-state index is -0.221. The van der Waals surface area contributed by atoms with Gasteiger partial charge < -0.3 is 15.2 Å². The molecule has 0 aliphatic rings. The minimum absolute atomic E-state index is 0.192. The molecule has 2 unspecified atom stereocenters. The van der Waals surface area contributed by atoms with Gasteiger partial charge in [-0.05, 0) is 25.3 Å².